The monoisotopic (exact) mass is 395 g/mol. The van der Waals surface area contributed by atoms with Crippen LogP contribution in [0.25, 0.3) is 10.9 Å². The number of hydrogen-bond acceptors (Lipinski definition) is 5. The van der Waals surface area contributed by atoms with Gasteiger partial charge in [0.25, 0.3) is 10.2 Å². The molecule has 10 nitrogen and oxygen atoms in total. The summed E-state index contributed by atoms with van der Waals surface area (Å²) in [5, 5.41) is 19.5. The van der Waals surface area contributed by atoms with Crippen LogP contribution in [0.1, 0.15) is 19.3 Å². The number of amides is 2. The number of para-hydroxylation sites is 1. The summed E-state index contributed by atoms with van der Waals surface area (Å²) in [7, 11) is -3.77. The molecule has 0 radical (unpaired) electrons. The van der Waals surface area contributed by atoms with Crippen molar-refractivity contribution in [3.63, 3.8) is 0 Å². The number of nitrogens with one attached hydrogen (secondary N) is 3. The first-order valence-corrected chi connectivity index (χ1v) is 9.72. The number of carboxylic acid groups (broad SMARTS) is 1. The number of anilines is 1. The van der Waals surface area contributed by atoms with Crippen LogP contribution in [-0.4, -0.2) is 43.1 Å². The second-order valence-electron chi connectivity index (χ2n) is 5.81. The minimum atomic E-state index is -3.77. The molecule has 0 aliphatic carbocycles. The van der Waals surface area contributed by atoms with Gasteiger partial charge >= 0.3 is 6.09 Å². The third kappa shape index (κ3) is 6.81. The summed E-state index contributed by atoms with van der Waals surface area (Å²) in [4.78, 5) is 27.7. The minimum Gasteiger partial charge on any atom is -0.465 e. The van der Waals surface area contributed by atoms with E-state index in [1.54, 1.807) is 24.4 Å². The van der Waals surface area contributed by atoms with Gasteiger partial charge in [0.1, 0.15) is 6.04 Å². The SMILES string of the molecule is NS(=O)(=O)NCCCCC(NC(=O)O)C(=O)Nc1cccc2cccnc12. The van der Waals surface area contributed by atoms with Gasteiger partial charge in [-0.25, -0.2) is 14.7 Å². The highest BCUT2D eigenvalue weighted by Gasteiger charge is 2.21. The van der Waals surface area contributed by atoms with Gasteiger partial charge in [-0.15, -0.1) is 0 Å². The molecule has 2 aromatic rings. The van der Waals surface area contributed by atoms with Gasteiger partial charge in [0, 0.05) is 18.1 Å². The number of carbonyl (C=O) groups is 2. The zero-order chi connectivity index (χ0) is 19.9. The first kappa shape index (κ1) is 20.6. The third-order valence-electron chi connectivity index (χ3n) is 3.73. The molecule has 11 heteroatoms. The molecule has 1 atom stereocenters. The van der Waals surface area contributed by atoms with Gasteiger partial charge in [0.05, 0.1) is 11.2 Å². The Kier molecular flexibility index (Phi) is 7.05. The molecule has 1 unspecified atom stereocenters. The summed E-state index contributed by atoms with van der Waals surface area (Å²) in [6, 6.07) is 7.93. The molecule has 0 fully saturated rings. The third-order valence-corrected chi connectivity index (χ3v) is 4.33. The van der Waals surface area contributed by atoms with Crippen LogP contribution < -0.4 is 20.5 Å². The van der Waals surface area contributed by atoms with E-state index in [0.717, 1.165) is 5.39 Å². The van der Waals surface area contributed by atoms with Crippen LogP contribution in [0.4, 0.5) is 10.5 Å². The van der Waals surface area contributed by atoms with Gasteiger partial charge < -0.3 is 15.7 Å². The molecule has 0 saturated carbocycles. The zero-order valence-electron chi connectivity index (χ0n) is 14.4. The average molecular weight is 395 g/mol. The number of nitrogens with two attached hydrogens (primary N) is 1. The predicted molar refractivity (Wildman–Crippen MR) is 100 cm³/mol. The number of pyridine rings is 1. The van der Waals surface area contributed by atoms with Crippen molar-refractivity contribution in [3.8, 4) is 0 Å². The van der Waals surface area contributed by atoms with E-state index in [0.29, 0.717) is 24.0 Å². The van der Waals surface area contributed by atoms with Crippen molar-refractivity contribution in [3.05, 3.63) is 36.5 Å². The molecule has 0 aliphatic rings. The van der Waals surface area contributed by atoms with E-state index in [1.165, 1.54) is 0 Å². The largest absolute Gasteiger partial charge is 0.465 e. The molecule has 6 N–H and O–H groups in total. The Balaban J connectivity index is 2.00. The number of aromatic nitrogens is 1. The molecule has 2 amide bonds. The van der Waals surface area contributed by atoms with Crippen LogP contribution in [-0.2, 0) is 15.0 Å². The van der Waals surface area contributed by atoms with Crippen molar-refractivity contribution < 1.29 is 23.1 Å². The van der Waals surface area contributed by atoms with Gasteiger partial charge in [0.2, 0.25) is 5.91 Å². The summed E-state index contributed by atoms with van der Waals surface area (Å²) in [6.07, 6.45) is 1.28. The number of unbranched alkanes of at least 4 members (excludes halogenated alkanes) is 1. The summed E-state index contributed by atoms with van der Waals surface area (Å²) < 4.78 is 23.7. The van der Waals surface area contributed by atoms with Gasteiger partial charge in [-0.1, -0.05) is 18.2 Å². The fraction of sp³-hybridized carbons (Fsp3) is 0.312. The van der Waals surface area contributed by atoms with Crippen LogP contribution in [0.5, 0.6) is 0 Å². The van der Waals surface area contributed by atoms with Crippen LogP contribution in [0.2, 0.25) is 0 Å². The highest BCUT2D eigenvalue weighted by molar-refractivity contribution is 7.87. The predicted octanol–water partition coefficient (Wildman–Crippen LogP) is 0.773. The molecule has 0 aliphatic heterocycles. The molecular weight excluding hydrogens is 374 g/mol. The Morgan fingerprint density at radius 3 is 2.63 bits per heavy atom. The zero-order valence-corrected chi connectivity index (χ0v) is 15.2. The molecule has 0 saturated heterocycles. The molecule has 1 aromatic carbocycles. The highest BCUT2D eigenvalue weighted by atomic mass is 32.2. The van der Waals surface area contributed by atoms with E-state index in [4.69, 9.17) is 10.2 Å². The van der Waals surface area contributed by atoms with E-state index in [1.807, 2.05) is 12.1 Å². The van der Waals surface area contributed by atoms with E-state index in [9.17, 15) is 18.0 Å². The fourth-order valence-electron chi connectivity index (χ4n) is 2.53. The first-order valence-electron chi connectivity index (χ1n) is 8.18. The fourth-order valence-corrected chi connectivity index (χ4v) is 2.96. The van der Waals surface area contributed by atoms with Crippen molar-refractivity contribution in [2.75, 3.05) is 11.9 Å². The molecular formula is C16H21N5O5S. The average Bonchev–Trinajstić information content (AvgIpc) is 2.59. The van der Waals surface area contributed by atoms with Crippen molar-refractivity contribution in [2.24, 2.45) is 5.14 Å². The molecule has 0 spiro atoms. The summed E-state index contributed by atoms with van der Waals surface area (Å²) in [6.45, 7) is 0.105. The lowest BCUT2D eigenvalue weighted by Crippen LogP contribution is -2.43. The Morgan fingerprint density at radius 1 is 1.19 bits per heavy atom. The Hall–Kier alpha value is -2.76. The van der Waals surface area contributed by atoms with E-state index >= 15 is 0 Å². The minimum absolute atomic E-state index is 0.105. The maximum atomic E-state index is 12.5. The van der Waals surface area contributed by atoms with Crippen molar-refractivity contribution in [1.29, 1.82) is 0 Å². The van der Waals surface area contributed by atoms with Gasteiger partial charge in [-0.3, -0.25) is 9.78 Å². The molecule has 0 bridgehead atoms. The number of hydrogen-bond donors (Lipinski definition) is 5. The van der Waals surface area contributed by atoms with E-state index in [2.05, 4.69) is 20.3 Å². The van der Waals surface area contributed by atoms with Crippen LogP contribution in [0.15, 0.2) is 36.5 Å². The standard InChI is InChI=1S/C16H21N5O5S/c17-27(25,26)19-10-2-1-7-13(21-16(23)24)15(22)20-12-8-3-5-11-6-4-9-18-14(11)12/h3-6,8-9,13,19,21H,1-2,7,10H2,(H,20,22)(H,23,24)(H2,17,25,26). The highest BCUT2D eigenvalue weighted by Crippen LogP contribution is 2.21. The number of nitrogens with zero attached hydrogens (tertiary/aromatic N) is 1. The lowest BCUT2D eigenvalue weighted by atomic mass is 10.1. The second kappa shape index (κ2) is 9.26. The Labute approximate surface area is 156 Å². The quantitative estimate of drug-likeness (QED) is 0.394. The molecule has 146 valence electrons. The Bertz CT molecular complexity index is 913. The number of rotatable bonds is 9. The number of benzene rings is 1. The molecule has 1 aromatic heterocycles. The van der Waals surface area contributed by atoms with Crippen LogP contribution >= 0.6 is 0 Å². The maximum Gasteiger partial charge on any atom is 0.405 e. The molecule has 1 heterocycles. The smallest absolute Gasteiger partial charge is 0.405 e. The summed E-state index contributed by atoms with van der Waals surface area (Å²) in [5.41, 5.74) is 1.07. The van der Waals surface area contributed by atoms with Crippen LogP contribution in [0.3, 0.4) is 0 Å². The lowest BCUT2D eigenvalue weighted by Gasteiger charge is -2.17. The Morgan fingerprint density at radius 2 is 1.93 bits per heavy atom. The second-order valence-corrected chi connectivity index (χ2v) is 7.19. The van der Waals surface area contributed by atoms with Gasteiger partial charge in [-0.2, -0.15) is 8.42 Å². The number of carbonyl (C=O) groups excluding carboxylic acids is 1. The van der Waals surface area contributed by atoms with Crippen molar-refractivity contribution in [1.82, 2.24) is 15.0 Å². The van der Waals surface area contributed by atoms with Gasteiger partial charge in [0.15, 0.2) is 0 Å². The van der Waals surface area contributed by atoms with Crippen molar-refractivity contribution in [2.45, 2.75) is 25.3 Å². The molecule has 2 rings (SSSR count). The topological polar surface area (TPSA) is 164 Å². The maximum absolute atomic E-state index is 12.5. The van der Waals surface area contributed by atoms with Gasteiger partial charge in [-0.05, 0) is 31.4 Å². The van der Waals surface area contributed by atoms with E-state index < -0.39 is 28.3 Å². The normalized spacial score (nSPS) is 12.5. The van der Waals surface area contributed by atoms with E-state index in [-0.39, 0.29) is 13.0 Å². The number of fused-ring (bicyclic) bond motifs is 1. The summed E-state index contributed by atoms with van der Waals surface area (Å²) in [5.74, 6) is -0.519. The van der Waals surface area contributed by atoms with Crippen LogP contribution in [0, 0.1) is 0 Å². The first-order chi connectivity index (χ1) is 12.8. The summed E-state index contributed by atoms with van der Waals surface area (Å²) >= 11 is 0. The lowest BCUT2D eigenvalue weighted by molar-refractivity contribution is -0.118. The molecule has 27 heavy (non-hydrogen) atoms. The van der Waals surface area contributed by atoms with Crippen molar-refractivity contribution >= 4 is 38.8 Å².